The van der Waals surface area contributed by atoms with Crippen molar-refractivity contribution in [1.82, 2.24) is 20.2 Å². The van der Waals surface area contributed by atoms with Gasteiger partial charge in [-0.05, 0) is 29.8 Å². The Morgan fingerprint density at radius 2 is 1.92 bits per heavy atom. The van der Waals surface area contributed by atoms with E-state index in [0.717, 1.165) is 21.5 Å². The van der Waals surface area contributed by atoms with Crippen LogP contribution >= 0.6 is 0 Å². The largest absolute Gasteiger partial charge is 0.340 e. The highest BCUT2D eigenvalue weighted by Crippen LogP contribution is 2.22. The Balaban J connectivity index is 1.55. The molecule has 2 N–H and O–H groups in total. The second kappa shape index (κ2) is 6.82. The highest BCUT2D eigenvalue weighted by Gasteiger charge is 2.08. The van der Waals surface area contributed by atoms with Crippen molar-refractivity contribution < 1.29 is 4.21 Å². The number of fused-ring (bicyclic) bond motifs is 1. The molecule has 1 atom stereocenters. The first kappa shape index (κ1) is 15.5. The molecule has 7 heteroatoms. The molecule has 0 aliphatic heterocycles. The summed E-state index contributed by atoms with van der Waals surface area (Å²) >= 11 is 0. The molecular weight excluding hydrogens is 334 g/mol. The minimum absolute atomic E-state index is 0.463. The van der Waals surface area contributed by atoms with E-state index in [2.05, 4.69) is 25.5 Å². The van der Waals surface area contributed by atoms with Crippen molar-refractivity contribution >= 4 is 33.3 Å². The predicted octanol–water partition coefficient (Wildman–Crippen LogP) is 3.40. The fourth-order valence-corrected chi connectivity index (χ4v) is 3.66. The first-order valence-corrected chi connectivity index (χ1v) is 9.05. The number of anilines is 2. The molecule has 2 aromatic heterocycles. The van der Waals surface area contributed by atoms with Crippen LogP contribution < -0.4 is 5.32 Å². The Bertz CT molecular complexity index is 1030. The van der Waals surface area contributed by atoms with Crippen LogP contribution in [0.4, 0.5) is 11.5 Å². The Morgan fingerprint density at radius 1 is 1.04 bits per heavy atom. The maximum Gasteiger partial charge on any atom is 0.160 e. The molecule has 4 aromatic rings. The minimum Gasteiger partial charge on any atom is -0.340 e. The quantitative estimate of drug-likeness (QED) is 0.577. The second-order valence-electron chi connectivity index (χ2n) is 5.48. The highest BCUT2D eigenvalue weighted by molar-refractivity contribution is 7.84. The minimum atomic E-state index is -1.07. The van der Waals surface area contributed by atoms with Gasteiger partial charge < -0.3 is 5.32 Å². The molecule has 0 amide bonds. The number of benzene rings is 2. The van der Waals surface area contributed by atoms with Crippen molar-refractivity contribution in [3.63, 3.8) is 0 Å². The van der Waals surface area contributed by atoms with Crippen LogP contribution in [-0.4, -0.2) is 24.4 Å². The van der Waals surface area contributed by atoms with E-state index in [1.54, 1.807) is 6.20 Å². The normalized spacial score (nSPS) is 12.2. The van der Waals surface area contributed by atoms with Gasteiger partial charge in [0.25, 0.3) is 0 Å². The molecule has 0 saturated heterocycles. The summed E-state index contributed by atoms with van der Waals surface area (Å²) < 4.78 is 12.5. The zero-order chi connectivity index (χ0) is 17.1. The van der Waals surface area contributed by atoms with Gasteiger partial charge in [0.05, 0.1) is 28.1 Å². The fraction of sp³-hybridized carbons (Fsp3) is 0.0556. The lowest BCUT2D eigenvalue weighted by atomic mass is 10.2. The first-order valence-electron chi connectivity index (χ1n) is 7.73. The molecule has 25 heavy (non-hydrogen) atoms. The third kappa shape index (κ3) is 3.41. The summed E-state index contributed by atoms with van der Waals surface area (Å²) in [6, 6.07) is 17.3. The van der Waals surface area contributed by atoms with E-state index in [1.807, 2.05) is 54.6 Å². The molecule has 1 unspecified atom stereocenters. The van der Waals surface area contributed by atoms with Crippen LogP contribution in [0.15, 0.2) is 72.0 Å². The fourth-order valence-electron chi connectivity index (χ4n) is 2.55. The van der Waals surface area contributed by atoms with E-state index in [-0.39, 0.29) is 0 Å². The lowest BCUT2D eigenvalue weighted by molar-refractivity contribution is 0.682. The maximum absolute atomic E-state index is 12.5. The molecular formula is C18H15N5OS. The van der Waals surface area contributed by atoms with E-state index in [4.69, 9.17) is 0 Å². The molecule has 2 aromatic carbocycles. The summed E-state index contributed by atoms with van der Waals surface area (Å²) in [4.78, 5) is 9.23. The molecule has 124 valence electrons. The van der Waals surface area contributed by atoms with Gasteiger partial charge in [-0.15, -0.1) is 0 Å². The Hall–Kier alpha value is -3.06. The third-order valence-corrected chi connectivity index (χ3v) is 5.14. The average molecular weight is 349 g/mol. The van der Waals surface area contributed by atoms with Gasteiger partial charge in [-0.25, -0.2) is 9.97 Å². The van der Waals surface area contributed by atoms with Gasteiger partial charge >= 0.3 is 0 Å². The molecule has 0 bridgehead atoms. The molecule has 0 fully saturated rings. The summed E-state index contributed by atoms with van der Waals surface area (Å²) in [5.41, 5.74) is 2.55. The molecule has 6 nitrogen and oxygen atoms in total. The van der Waals surface area contributed by atoms with E-state index in [0.29, 0.717) is 17.2 Å². The van der Waals surface area contributed by atoms with Crippen LogP contribution in [0.5, 0.6) is 0 Å². The van der Waals surface area contributed by atoms with Crippen molar-refractivity contribution in [1.29, 1.82) is 0 Å². The van der Waals surface area contributed by atoms with E-state index < -0.39 is 10.8 Å². The van der Waals surface area contributed by atoms with E-state index in [1.165, 1.54) is 6.33 Å². The number of rotatable bonds is 5. The van der Waals surface area contributed by atoms with Gasteiger partial charge in [-0.3, -0.25) is 9.31 Å². The summed E-state index contributed by atoms with van der Waals surface area (Å²) in [6.45, 7) is 0. The predicted molar refractivity (Wildman–Crippen MR) is 98.0 cm³/mol. The molecule has 4 rings (SSSR count). The lowest BCUT2D eigenvalue weighted by Gasteiger charge is -2.08. The summed E-state index contributed by atoms with van der Waals surface area (Å²) in [7, 11) is -1.07. The van der Waals surface area contributed by atoms with E-state index >= 15 is 0 Å². The second-order valence-corrected chi connectivity index (χ2v) is 6.93. The smallest absolute Gasteiger partial charge is 0.160 e. The number of hydrogen-bond acceptors (Lipinski definition) is 5. The van der Waals surface area contributed by atoms with Crippen molar-refractivity contribution in [2.24, 2.45) is 0 Å². The highest BCUT2D eigenvalue weighted by atomic mass is 32.2. The SMILES string of the molecule is O=S(Cc1cccc(Nc2ncnc3[nH]ncc23)c1)c1ccccc1. The lowest BCUT2D eigenvalue weighted by Crippen LogP contribution is -1.99. The van der Waals surface area contributed by atoms with Crippen LogP contribution in [0.1, 0.15) is 5.56 Å². The number of aromatic amines is 1. The molecule has 0 aliphatic rings. The zero-order valence-electron chi connectivity index (χ0n) is 13.2. The van der Waals surface area contributed by atoms with Gasteiger partial charge in [0, 0.05) is 10.6 Å². The topological polar surface area (TPSA) is 83.6 Å². The van der Waals surface area contributed by atoms with Crippen LogP contribution in [0.2, 0.25) is 0 Å². The number of aromatic nitrogens is 4. The van der Waals surface area contributed by atoms with Gasteiger partial charge in [-0.2, -0.15) is 5.10 Å². The average Bonchev–Trinajstić information content (AvgIpc) is 3.13. The van der Waals surface area contributed by atoms with Crippen LogP contribution in [0.25, 0.3) is 11.0 Å². The number of hydrogen-bond donors (Lipinski definition) is 2. The van der Waals surface area contributed by atoms with Crippen LogP contribution in [0.3, 0.4) is 0 Å². The van der Waals surface area contributed by atoms with Crippen molar-refractivity contribution in [2.45, 2.75) is 10.6 Å². The Morgan fingerprint density at radius 3 is 2.80 bits per heavy atom. The van der Waals surface area contributed by atoms with Crippen LogP contribution in [-0.2, 0) is 16.6 Å². The number of H-pyrrole nitrogens is 1. The third-order valence-electron chi connectivity index (χ3n) is 3.74. The molecule has 2 heterocycles. The molecule has 0 radical (unpaired) electrons. The van der Waals surface area contributed by atoms with Crippen molar-refractivity contribution in [2.75, 3.05) is 5.32 Å². The molecule has 0 aliphatic carbocycles. The monoisotopic (exact) mass is 349 g/mol. The van der Waals surface area contributed by atoms with Gasteiger partial charge in [0.15, 0.2) is 5.65 Å². The summed E-state index contributed by atoms with van der Waals surface area (Å²) in [5.74, 6) is 1.14. The van der Waals surface area contributed by atoms with Gasteiger partial charge in [0.2, 0.25) is 0 Å². The molecule has 0 saturated carbocycles. The number of nitrogens with one attached hydrogen (secondary N) is 2. The summed E-state index contributed by atoms with van der Waals surface area (Å²) in [5, 5.41) is 10.9. The summed E-state index contributed by atoms with van der Waals surface area (Å²) in [6.07, 6.45) is 3.17. The van der Waals surface area contributed by atoms with Crippen LogP contribution in [0, 0.1) is 0 Å². The van der Waals surface area contributed by atoms with E-state index in [9.17, 15) is 4.21 Å². The first-order chi connectivity index (χ1) is 12.3. The molecule has 0 spiro atoms. The Kier molecular flexibility index (Phi) is 4.22. The van der Waals surface area contributed by atoms with Gasteiger partial charge in [0.1, 0.15) is 12.1 Å². The van der Waals surface area contributed by atoms with Gasteiger partial charge in [-0.1, -0.05) is 30.3 Å². The Labute approximate surface area is 146 Å². The maximum atomic E-state index is 12.5. The zero-order valence-corrected chi connectivity index (χ0v) is 14.0. The van der Waals surface area contributed by atoms with Crippen molar-refractivity contribution in [3.8, 4) is 0 Å². The number of nitrogens with zero attached hydrogens (tertiary/aromatic N) is 3. The van der Waals surface area contributed by atoms with Crippen molar-refractivity contribution in [3.05, 3.63) is 72.7 Å². The standard InChI is InChI=1S/C18H15N5OS/c24-25(15-7-2-1-3-8-15)11-13-5-4-6-14(9-13)22-17-16-10-21-23-18(16)20-12-19-17/h1-10,12H,11H2,(H2,19,20,21,22,23).